The summed E-state index contributed by atoms with van der Waals surface area (Å²) in [5.41, 5.74) is 1.51. The summed E-state index contributed by atoms with van der Waals surface area (Å²) in [5.74, 6) is 0.997. The van der Waals surface area contributed by atoms with E-state index in [2.05, 4.69) is 15.3 Å². The molecule has 0 saturated carbocycles. The number of benzene rings is 1. The van der Waals surface area contributed by atoms with E-state index in [1.807, 2.05) is 19.9 Å². The average Bonchev–Trinajstić information content (AvgIpc) is 2.48. The maximum Gasteiger partial charge on any atom is 0.218 e. The first-order valence-corrected chi connectivity index (χ1v) is 7.07. The van der Waals surface area contributed by atoms with Crippen molar-refractivity contribution in [1.82, 2.24) is 9.97 Å². The first kappa shape index (κ1) is 15.2. The van der Waals surface area contributed by atoms with Crippen LogP contribution in [0.1, 0.15) is 37.4 Å². The summed E-state index contributed by atoms with van der Waals surface area (Å²) in [4.78, 5) is 8.21. The van der Waals surface area contributed by atoms with Crippen molar-refractivity contribution < 1.29 is 9.13 Å². The lowest BCUT2D eigenvalue weighted by Gasteiger charge is -2.16. The molecule has 4 nitrogen and oxygen atoms in total. The molecular formula is C16H20FN3O. The molecular weight excluding hydrogens is 269 g/mol. The van der Waals surface area contributed by atoms with E-state index in [0.717, 1.165) is 12.0 Å². The summed E-state index contributed by atoms with van der Waals surface area (Å²) in [5, 5.41) is 3.22. The number of aryl methyl sites for hydroxylation is 1. The van der Waals surface area contributed by atoms with Crippen molar-refractivity contribution >= 4 is 5.82 Å². The van der Waals surface area contributed by atoms with Gasteiger partial charge in [-0.3, -0.25) is 0 Å². The molecule has 0 saturated heterocycles. The Hall–Kier alpha value is -2.17. The van der Waals surface area contributed by atoms with Gasteiger partial charge in [0.25, 0.3) is 0 Å². The number of nitrogens with one attached hydrogen (secondary N) is 1. The molecule has 21 heavy (non-hydrogen) atoms. The summed E-state index contributed by atoms with van der Waals surface area (Å²) in [6.45, 7) is 6.36. The molecule has 0 spiro atoms. The third-order valence-corrected chi connectivity index (χ3v) is 3.16. The fraction of sp³-hybridized carbons (Fsp3) is 0.375. The normalized spacial score (nSPS) is 12.0. The Bertz CT molecular complexity index is 604. The van der Waals surface area contributed by atoms with Gasteiger partial charge in [-0.1, -0.05) is 19.1 Å². The molecule has 112 valence electrons. The number of rotatable bonds is 6. The van der Waals surface area contributed by atoms with Crippen molar-refractivity contribution in [3.05, 3.63) is 47.5 Å². The van der Waals surface area contributed by atoms with Crippen LogP contribution in [0.4, 0.5) is 10.2 Å². The number of nitrogens with zero attached hydrogens (tertiary/aromatic N) is 2. The highest BCUT2D eigenvalue weighted by atomic mass is 19.1. The molecule has 0 aliphatic heterocycles. The van der Waals surface area contributed by atoms with Crippen molar-refractivity contribution in [2.24, 2.45) is 0 Å². The van der Waals surface area contributed by atoms with Gasteiger partial charge in [-0.05, 0) is 37.5 Å². The summed E-state index contributed by atoms with van der Waals surface area (Å²) < 4.78 is 19.1. The molecule has 0 amide bonds. The second-order valence-corrected chi connectivity index (χ2v) is 4.96. The van der Waals surface area contributed by atoms with E-state index in [1.54, 1.807) is 25.1 Å². The van der Waals surface area contributed by atoms with Crippen molar-refractivity contribution in [2.75, 3.05) is 11.9 Å². The molecule has 1 aromatic carbocycles. The minimum atomic E-state index is -0.198. The third kappa shape index (κ3) is 4.15. The number of hydrogen-bond acceptors (Lipinski definition) is 4. The average molecular weight is 289 g/mol. The van der Waals surface area contributed by atoms with Crippen LogP contribution in [-0.2, 0) is 0 Å². The van der Waals surface area contributed by atoms with Crippen LogP contribution in [0.25, 0.3) is 0 Å². The summed E-state index contributed by atoms with van der Waals surface area (Å²) in [6.07, 6.45) is 2.38. The maximum atomic E-state index is 13.6. The van der Waals surface area contributed by atoms with E-state index in [0.29, 0.717) is 23.9 Å². The zero-order valence-electron chi connectivity index (χ0n) is 12.6. The second kappa shape index (κ2) is 7.02. The van der Waals surface area contributed by atoms with Gasteiger partial charge in [-0.2, -0.15) is 0 Å². The Balaban J connectivity index is 2.07. The fourth-order valence-electron chi connectivity index (χ4n) is 1.89. The molecule has 0 aliphatic rings. The minimum Gasteiger partial charge on any atom is -0.478 e. The number of hydrogen-bond donors (Lipinski definition) is 1. The molecule has 2 aromatic rings. The van der Waals surface area contributed by atoms with E-state index in [-0.39, 0.29) is 11.9 Å². The summed E-state index contributed by atoms with van der Waals surface area (Å²) in [6, 6.07) is 6.91. The molecule has 2 rings (SSSR count). The van der Waals surface area contributed by atoms with Crippen LogP contribution < -0.4 is 10.1 Å². The highest BCUT2D eigenvalue weighted by Crippen LogP contribution is 2.21. The lowest BCUT2D eigenvalue weighted by atomic mass is 10.1. The van der Waals surface area contributed by atoms with Crippen LogP contribution in [0.5, 0.6) is 5.88 Å². The Morgan fingerprint density at radius 1 is 1.29 bits per heavy atom. The van der Waals surface area contributed by atoms with E-state index < -0.39 is 0 Å². The Labute approximate surface area is 124 Å². The minimum absolute atomic E-state index is 0.0611. The van der Waals surface area contributed by atoms with Gasteiger partial charge in [-0.15, -0.1) is 0 Å². The predicted molar refractivity (Wildman–Crippen MR) is 81.0 cm³/mol. The first-order valence-electron chi connectivity index (χ1n) is 7.07. The van der Waals surface area contributed by atoms with E-state index >= 15 is 0 Å². The highest BCUT2D eigenvalue weighted by Gasteiger charge is 2.09. The van der Waals surface area contributed by atoms with Gasteiger partial charge < -0.3 is 10.1 Å². The van der Waals surface area contributed by atoms with Crippen LogP contribution in [0.15, 0.2) is 30.6 Å². The molecule has 0 bridgehead atoms. The highest BCUT2D eigenvalue weighted by molar-refractivity contribution is 5.40. The summed E-state index contributed by atoms with van der Waals surface area (Å²) in [7, 11) is 0. The van der Waals surface area contributed by atoms with Crippen LogP contribution in [0.2, 0.25) is 0 Å². The molecule has 5 heteroatoms. The molecule has 0 aliphatic carbocycles. The molecule has 1 aromatic heterocycles. The van der Waals surface area contributed by atoms with Crippen molar-refractivity contribution in [1.29, 1.82) is 0 Å². The number of ether oxygens (including phenoxy) is 1. The lowest BCUT2D eigenvalue weighted by Crippen LogP contribution is -2.09. The SMILES string of the molecule is CCCOc1cc(NC(C)c2ccc(C)c(F)c2)ncn1. The van der Waals surface area contributed by atoms with E-state index in [9.17, 15) is 4.39 Å². The standard InChI is InChI=1S/C16H20FN3O/c1-4-7-21-16-9-15(18-10-19-16)20-12(3)13-6-5-11(2)14(17)8-13/h5-6,8-10,12H,4,7H2,1-3H3,(H,18,19,20). The first-order chi connectivity index (χ1) is 10.1. The Morgan fingerprint density at radius 3 is 2.81 bits per heavy atom. The van der Waals surface area contributed by atoms with Crippen molar-refractivity contribution in [3.63, 3.8) is 0 Å². The zero-order chi connectivity index (χ0) is 15.2. The van der Waals surface area contributed by atoms with Crippen molar-refractivity contribution in [2.45, 2.75) is 33.2 Å². The van der Waals surface area contributed by atoms with Gasteiger partial charge in [0.2, 0.25) is 5.88 Å². The molecule has 1 heterocycles. The zero-order valence-corrected chi connectivity index (χ0v) is 12.6. The number of halogens is 1. The third-order valence-electron chi connectivity index (χ3n) is 3.16. The maximum absolute atomic E-state index is 13.6. The van der Waals surface area contributed by atoms with E-state index in [1.165, 1.54) is 6.33 Å². The largest absolute Gasteiger partial charge is 0.478 e. The Morgan fingerprint density at radius 2 is 2.10 bits per heavy atom. The summed E-state index contributed by atoms with van der Waals surface area (Å²) >= 11 is 0. The quantitative estimate of drug-likeness (QED) is 0.876. The van der Waals surface area contributed by atoms with Gasteiger partial charge >= 0.3 is 0 Å². The molecule has 1 atom stereocenters. The second-order valence-electron chi connectivity index (χ2n) is 4.96. The molecule has 1 unspecified atom stereocenters. The van der Waals surface area contributed by atoms with Crippen molar-refractivity contribution in [3.8, 4) is 5.88 Å². The van der Waals surface area contributed by atoms with Crippen LogP contribution in [0, 0.1) is 12.7 Å². The lowest BCUT2D eigenvalue weighted by molar-refractivity contribution is 0.305. The smallest absolute Gasteiger partial charge is 0.218 e. The number of aromatic nitrogens is 2. The van der Waals surface area contributed by atoms with Gasteiger partial charge in [0.1, 0.15) is 18.0 Å². The number of anilines is 1. The fourth-order valence-corrected chi connectivity index (χ4v) is 1.89. The van der Waals surface area contributed by atoms with Gasteiger partial charge in [0, 0.05) is 6.07 Å². The van der Waals surface area contributed by atoms with Crippen LogP contribution >= 0.6 is 0 Å². The van der Waals surface area contributed by atoms with Crippen LogP contribution in [0.3, 0.4) is 0 Å². The van der Waals surface area contributed by atoms with Gasteiger partial charge in [0.05, 0.1) is 12.6 Å². The van der Waals surface area contributed by atoms with E-state index in [4.69, 9.17) is 4.74 Å². The Kier molecular flexibility index (Phi) is 5.09. The molecule has 0 fully saturated rings. The molecule has 0 radical (unpaired) electrons. The topological polar surface area (TPSA) is 47.0 Å². The van der Waals surface area contributed by atoms with Gasteiger partial charge in [0.15, 0.2) is 0 Å². The predicted octanol–water partition coefficient (Wildman–Crippen LogP) is 3.89. The molecule has 1 N–H and O–H groups in total. The monoisotopic (exact) mass is 289 g/mol. The van der Waals surface area contributed by atoms with Gasteiger partial charge in [-0.25, -0.2) is 14.4 Å². The van der Waals surface area contributed by atoms with Crippen LogP contribution in [-0.4, -0.2) is 16.6 Å².